The summed E-state index contributed by atoms with van der Waals surface area (Å²) in [7, 11) is 0. The lowest BCUT2D eigenvalue weighted by atomic mass is 9.79. The van der Waals surface area contributed by atoms with Crippen molar-refractivity contribution in [2.75, 3.05) is 32.8 Å². The van der Waals surface area contributed by atoms with E-state index in [1.54, 1.807) is 30.4 Å². The number of benzene rings is 1. The second-order valence-corrected chi connectivity index (χ2v) is 11.3. The molecule has 3 atom stereocenters. The van der Waals surface area contributed by atoms with E-state index >= 15 is 4.39 Å². The number of hydrogen-bond acceptors (Lipinski definition) is 5. The highest BCUT2D eigenvalue weighted by molar-refractivity contribution is 5.94. The van der Waals surface area contributed by atoms with Gasteiger partial charge in [0.1, 0.15) is 23.5 Å². The van der Waals surface area contributed by atoms with E-state index in [4.69, 9.17) is 10.5 Å². The van der Waals surface area contributed by atoms with Gasteiger partial charge < -0.3 is 20.3 Å². The summed E-state index contributed by atoms with van der Waals surface area (Å²) in [5.41, 5.74) is 2.64. The summed E-state index contributed by atoms with van der Waals surface area (Å²) in [6.45, 7) is 6.56. The summed E-state index contributed by atoms with van der Waals surface area (Å²) in [6.07, 6.45) is 9.76. The number of primary amides is 1. The molecule has 2 saturated heterocycles. The molecule has 4 rings (SSSR count). The molecule has 0 saturated carbocycles. The van der Waals surface area contributed by atoms with E-state index in [0.29, 0.717) is 56.1 Å². The molecule has 9 heteroatoms. The van der Waals surface area contributed by atoms with Gasteiger partial charge in [0.05, 0.1) is 12.2 Å². The molecular formula is C31H40F2N4O3. The molecule has 2 heterocycles. The third-order valence-electron chi connectivity index (χ3n) is 8.82. The fraction of sp³-hybridized carbons (Fsp3) is 0.581. The van der Waals surface area contributed by atoms with Crippen molar-refractivity contribution in [3.63, 3.8) is 0 Å². The number of hydrogen-bond donors (Lipinski definition) is 1. The number of nitriles is 1. The Labute approximate surface area is 235 Å². The Kier molecular flexibility index (Phi) is 9.29. The van der Waals surface area contributed by atoms with Gasteiger partial charge in [0.15, 0.2) is 0 Å². The largest absolute Gasteiger partial charge is 0.492 e. The van der Waals surface area contributed by atoms with Gasteiger partial charge in [-0.3, -0.25) is 9.59 Å². The Hall–Kier alpha value is -3.25. The number of likely N-dealkylation sites (tertiary alicyclic amines) is 2. The summed E-state index contributed by atoms with van der Waals surface area (Å²) < 4.78 is 37.3. The predicted octanol–water partition coefficient (Wildman–Crippen LogP) is 4.57. The Balaban J connectivity index is 1.42. The molecule has 2 aliphatic heterocycles. The molecule has 0 aromatic heterocycles. The number of carbonyl (C=O) groups is 2. The average molecular weight is 555 g/mol. The summed E-state index contributed by atoms with van der Waals surface area (Å²) in [4.78, 5) is 28.7. The van der Waals surface area contributed by atoms with E-state index in [1.807, 2.05) is 13.8 Å². The molecule has 2 N–H and O–H groups in total. The van der Waals surface area contributed by atoms with Gasteiger partial charge >= 0.3 is 0 Å². The fourth-order valence-electron chi connectivity index (χ4n) is 6.05. The van der Waals surface area contributed by atoms with Crippen LogP contribution in [-0.4, -0.2) is 71.8 Å². The van der Waals surface area contributed by atoms with Gasteiger partial charge in [0.25, 0.3) is 5.91 Å². The van der Waals surface area contributed by atoms with Crippen LogP contribution in [0, 0.1) is 17.2 Å². The highest BCUT2D eigenvalue weighted by Gasteiger charge is 2.50. The van der Waals surface area contributed by atoms with Gasteiger partial charge in [-0.1, -0.05) is 38.1 Å². The summed E-state index contributed by atoms with van der Waals surface area (Å²) in [6, 6.07) is 6.23. The van der Waals surface area contributed by atoms with Gasteiger partial charge in [0.2, 0.25) is 11.6 Å². The zero-order valence-electron chi connectivity index (χ0n) is 23.5. The maximum Gasteiger partial charge on any atom is 0.265 e. The average Bonchev–Trinajstić information content (AvgIpc) is 3.47. The molecule has 1 aliphatic carbocycles. The minimum atomic E-state index is -2.41. The number of carbonyl (C=O) groups excluding carboxylic acids is 2. The standard InChI is InChI=1S/C31H40F2N4O3/c1-3-30(32,4-2)21-36-16-12-22(13-17-36)20-40-27-11-10-23(18-24(27)19-34)25-8-5-6-14-31(25,33)29(39)37-15-7-9-26(37)28(35)38/h5-6,8,10-11,14,18,22,25-26H,3-4,7,9,12-13,15-17,20-21H2,1-2H3,(H2,35,38)/t25?,26-,31?/m0/s1. The third kappa shape index (κ3) is 6.22. The van der Waals surface area contributed by atoms with Crippen LogP contribution in [0.2, 0.25) is 0 Å². The maximum absolute atomic E-state index is 16.5. The highest BCUT2D eigenvalue weighted by Crippen LogP contribution is 2.41. The quantitative estimate of drug-likeness (QED) is 0.457. The van der Waals surface area contributed by atoms with Gasteiger partial charge in [0, 0.05) is 19.0 Å². The molecule has 7 nitrogen and oxygen atoms in total. The van der Waals surface area contributed by atoms with E-state index in [0.717, 1.165) is 25.9 Å². The summed E-state index contributed by atoms with van der Waals surface area (Å²) in [5.74, 6) is -1.71. The van der Waals surface area contributed by atoms with E-state index in [-0.39, 0.29) is 12.1 Å². The zero-order chi connectivity index (χ0) is 28.9. The Morgan fingerprint density at radius 1 is 1.18 bits per heavy atom. The van der Waals surface area contributed by atoms with E-state index in [9.17, 15) is 19.2 Å². The first-order valence-corrected chi connectivity index (χ1v) is 14.4. The second kappa shape index (κ2) is 12.5. The van der Waals surface area contributed by atoms with Crippen LogP contribution < -0.4 is 10.5 Å². The van der Waals surface area contributed by atoms with E-state index < -0.39 is 35.1 Å². The number of rotatable bonds is 10. The molecule has 2 amide bonds. The van der Waals surface area contributed by atoms with Gasteiger partial charge in [-0.25, -0.2) is 8.78 Å². The Morgan fingerprint density at radius 3 is 2.55 bits per heavy atom. The van der Waals surface area contributed by atoms with Crippen molar-refractivity contribution in [2.45, 2.75) is 75.7 Å². The zero-order valence-corrected chi connectivity index (χ0v) is 23.5. The first-order chi connectivity index (χ1) is 19.1. The number of piperidine rings is 1. The van der Waals surface area contributed by atoms with E-state index in [2.05, 4.69) is 11.0 Å². The fourth-order valence-corrected chi connectivity index (χ4v) is 6.05. The molecule has 1 aromatic rings. The molecular weight excluding hydrogens is 514 g/mol. The lowest BCUT2D eigenvalue weighted by Crippen LogP contribution is -2.53. The molecule has 0 spiro atoms. The van der Waals surface area contributed by atoms with Crippen molar-refractivity contribution in [1.82, 2.24) is 9.80 Å². The van der Waals surface area contributed by atoms with Crippen molar-refractivity contribution in [3.05, 3.63) is 53.6 Å². The summed E-state index contributed by atoms with van der Waals surface area (Å²) in [5, 5.41) is 9.85. The van der Waals surface area contributed by atoms with Crippen molar-refractivity contribution in [3.8, 4) is 11.8 Å². The van der Waals surface area contributed by atoms with Crippen LogP contribution in [0.1, 0.15) is 69.4 Å². The topological polar surface area (TPSA) is 99.7 Å². The van der Waals surface area contributed by atoms with Gasteiger partial charge in [-0.05, 0) is 81.3 Å². The number of ether oxygens (including phenoxy) is 1. The van der Waals surface area contributed by atoms with Crippen LogP contribution >= 0.6 is 0 Å². The maximum atomic E-state index is 16.5. The van der Waals surface area contributed by atoms with Crippen molar-refractivity contribution in [2.24, 2.45) is 11.7 Å². The summed E-state index contributed by atoms with van der Waals surface area (Å²) >= 11 is 0. The Morgan fingerprint density at radius 2 is 1.90 bits per heavy atom. The minimum absolute atomic E-state index is 0.261. The third-order valence-corrected chi connectivity index (χ3v) is 8.82. The first-order valence-electron chi connectivity index (χ1n) is 14.4. The van der Waals surface area contributed by atoms with Crippen molar-refractivity contribution >= 4 is 11.8 Å². The number of nitrogens with zero attached hydrogens (tertiary/aromatic N) is 3. The number of nitrogens with two attached hydrogens (primary N) is 1. The van der Waals surface area contributed by atoms with Crippen LogP contribution in [-0.2, 0) is 9.59 Å². The lowest BCUT2D eigenvalue weighted by Gasteiger charge is -2.36. The van der Waals surface area contributed by atoms with Crippen LogP contribution in [0.25, 0.3) is 0 Å². The first kappa shape index (κ1) is 29.7. The van der Waals surface area contributed by atoms with Crippen LogP contribution in [0.15, 0.2) is 42.5 Å². The van der Waals surface area contributed by atoms with Crippen molar-refractivity contribution < 1.29 is 23.1 Å². The van der Waals surface area contributed by atoms with Gasteiger partial charge in [-0.15, -0.1) is 0 Å². The Bertz CT molecular complexity index is 1180. The van der Waals surface area contributed by atoms with Crippen LogP contribution in [0.3, 0.4) is 0 Å². The van der Waals surface area contributed by atoms with Gasteiger partial charge in [-0.2, -0.15) is 5.26 Å². The molecule has 2 unspecified atom stereocenters. The lowest BCUT2D eigenvalue weighted by molar-refractivity contribution is -0.145. The molecule has 3 aliphatic rings. The minimum Gasteiger partial charge on any atom is -0.492 e. The monoisotopic (exact) mass is 554 g/mol. The van der Waals surface area contributed by atoms with Crippen LogP contribution in [0.5, 0.6) is 5.75 Å². The predicted molar refractivity (Wildman–Crippen MR) is 149 cm³/mol. The molecule has 2 fully saturated rings. The number of allylic oxidation sites excluding steroid dienone is 3. The SMILES string of the molecule is CCC(F)(CC)CN1CCC(COc2ccc(C3C=CC=CC3(F)C(=O)N3CCC[C@H]3C(N)=O)cc2C#N)CC1. The highest BCUT2D eigenvalue weighted by atomic mass is 19.1. The molecule has 1 aromatic carbocycles. The molecule has 0 radical (unpaired) electrons. The van der Waals surface area contributed by atoms with Crippen molar-refractivity contribution in [1.29, 1.82) is 5.26 Å². The molecule has 0 bridgehead atoms. The number of alkyl halides is 2. The number of amides is 2. The molecule has 40 heavy (non-hydrogen) atoms. The second-order valence-electron chi connectivity index (χ2n) is 11.3. The smallest absolute Gasteiger partial charge is 0.265 e. The molecule has 216 valence electrons. The van der Waals surface area contributed by atoms with E-state index in [1.165, 1.54) is 17.1 Å². The normalized spacial score (nSPS) is 25.6. The number of halogens is 2. The van der Waals surface area contributed by atoms with Crippen LogP contribution in [0.4, 0.5) is 8.78 Å².